The number of rotatable bonds is 8. The molecule has 0 saturated heterocycles. The van der Waals surface area contributed by atoms with E-state index in [1.165, 1.54) is 0 Å². The van der Waals surface area contributed by atoms with Crippen LogP contribution in [-0.2, 0) is 6.54 Å². The fourth-order valence-corrected chi connectivity index (χ4v) is 6.70. The molecule has 0 radical (unpaired) electrons. The van der Waals surface area contributed by atoms with E-state index in [0.29, 0.717) is 24.1 Å². The first-order valence-corrected chi connectivity index (χ1v) is 14.2. The number of benzene rings is 2. The third-order valence-corrected chi connectivity index (χ3v) is 8.92. The summed E-state index contributed by atoms with van der Waals surface area (Å²) in [7, 11) is 1.94. The molecule has 2 aromatic carbocycles. The Balaban J connectivity index is 1.57. The fraction of sp³-hybridized carbons (Fsp3) is 0.345. The number of fused-ring (bicyclic) bond motifs is 1. The second kappa shape index (κ2) is 11.9. The Labute approximate surface area is 235 Å². The topological polar surface area (TPSA) is 67.4 Å². The second-order valence-corrected chi connectivity index (χ2v) is 11.0. The maximum atomic E-state index is 14.6. The summed E-state index contributed by atoms with van der Waals surface area (Å²) in [5.41, 5.74) is 2.35. The number of aromatic nitrogens is 2. The van der Waals surface area contributed by atoms with Crippen LogP contribution in [0.5, 0.6) is 5.75 Å². The molecule has 6 nitrogen and oxygen atoms in total. The van der Waals surface area contributed by atoms with E-state index < -0.39 is 11.6 Å². The van der Waals surface area contributed by atoms with Gasteiger partial charge in [-0.05, 0) is 70.0 Å². The lowest BCUT2D eigenvalue weighted by atomic mass is 9.89. The van der Waals surface area contributed by atoms with Crippen molar-refractivity contribution >= 4 is 38.9 Å². The van der Waals surface area contributed by atoms with Gasteiger partial charge in [-0.3, -0.25) is 14.8 Å². The lowest BCUT2D eigenvalue weighted by Crippen LogP contribution is -2.44. The summed E-state index contributed by atoms with van der Waals surface area (Å²) in [5, 5.41) is 3.22. The van der Waals surface area contributed by atoms with Crippen molar-refractivity contribution in [3.05, 3.63) is 76.0 Å². The Morgan fingerprint density at radius 2 is 1.92 bits per heavy atom. The van der Waals surface area contributed by atoms with Crippen molar-refractivity contribution in [3.8, 4) is 17.0 Å². The van der Waals surface area contributed by atoms with E-state index in [4.69, 9.17) is 16.3 Å². The Kier molecular flexibility index (Phi) is 8.40. The van der Waals surface area contributed by atoms with Crippen molar-refractivity contribution in [2.45, 2.75) is 51.2 Å². The number of carbonyl (C=O) groups is 1. The van der Waals surface area contributed by atoms with Crippen LogP contribution in [0, 0.1) is 11.6 Å². The minimum absolute atomic E-state index is 0.0434. The van der Waals surface area contributed by atoms with Crippen LogP contribution in [0.3, 0.4) is 0 Å². The van der Waals surface area contributed by atoms with Crippen LogP contribution in [0.1, 0.15) is 47.8 Å². The molecule has 1 aliphatic rings. The quantitative estimate of drug-likeness (QED) is 0.251. The minimum atomic E-state index is -0.650. The number of thiophene rings is 1. The number of amides is 1. The molecule has 0 spiro atoms. The van der Waals surface area contributed by atoms with Crippen molar-refractivity contribution in [2.75, 3.05) is 13.7 Å². The Morgan fingerprint density at radius 3 is 2.59 bits per heavy atom. The van der Waals surface area contributed by atoms with E-state index >= 15 is 0 Å². The predicted octanol–water partition coefficient (Wildman–Crippen LogP) is 6.86. The molecule has 1 saturated carbocycles. The molecule has 1 aliphatic carbocycles. The summed E-state index contributed by atoms with van der Waals surface area (Å²) >= 11 is 7.45. The first kappa shape index (κ1) is 27.4. The van der Waals surface area contributed by atoms with Crippen LogP contribution in [0.4, 0.5) is 8.78 Å². The maximum Gasteiger partial charge on any atom is 0.266 e. The molecule has 39 heavy (non-hydrogen) atoms. The molecule has 1 fully saturated rings. The third-order valence-electron chi connectivity index (χ3n) is 7.24. The van der Waals surface area contributed by atoms with Crippen molar-refractivity contribution in [1.82, 2.24) is 20.2 Å². The number of halogens is 3. The van der Waals surface area contributed by atoms with Crippen molar-refractivity contribution in [1.29, 1.82) is 0 Å². The standard InChI is InChI=1S/C29H29ClF2N4O2S/c1-3-38-24-11-4-17(23-15-34-12-13-35-23)14-18(24)16-36(20-7-5-19(33-2)6-8-20)29(37)28-26(30)25-21(31)9-10-22(32)27(25)39-28/h4,9-15,19-20,33H,3,5-8,16H2,1-2H3. The van der Waals surface area contributed by atoms with Gasteiger partial charge in [-0.25, -0.2) is 8.78 Å². The fourth-order valence-electron chi connectivity index (χ4n) is 5.20. The van der Waals surface area contributed by atoms with Crippen molar-refractivity contribution in [3.63, 3.8) is 0 Å². The number of nitrogens with zero attached hydrogens (tertiary/aromatic N) is 3. The molecule has 5 rings (SSSR count). The Morgan fingerprint density at radius 1 is 1.15 bits per heavy atom. The zero-order chi connectivity index (χ0) is 27.5. The first-order valence-electron chi connectivity index (χ1n) is 13.0. The van der Waals surface area contributed by atoms with E-state index in [2.05, 4.69) is 15.3 Å². The van der Waals surface area contributed by atoms with Crippen LogP contribution in [-0.4, -0.2) is 46.5 Å². The molecule has 2 aromatic heterocycles. The zero-order valence-electron chi connectivity index (χ0n) is 21.7. The van der Waals surface area contributed by atoms with Crippen LogP contribution >= 0.6 is 22.9 Å². The Bertz CT molecular complexity index is 1480. The van der Waals surface area contributed by atoms with Gasteiger partial charge in [0, 0.05) is 42.1 Å². The normalized spacial score (nSPS) is 17.4. The van der Waals surface area contributed by atoms with Gasteiger partial charge in [0.25, 0.3) is 5.91 Å². The van der Waals surface area contributed by atoms with Crippen molar-refractivity contribution in [2.24, 2.45) is 0 Å². The van der Waals surface area contributed by atoms with E-state index in [-0.39, 0.29) is 38.5 Å². The summed E-state index contributed by atoms with van der Waals surface area (Å²) in [4.78, 5) is 24.7. The molecule has 1 N–H and O–H groups in total. The van der Waals surface area contributed by atoms with E-state index in [1.807, 2.05) is 32.2 Å². The molecule has 0 unspecified atom stereocenters. The summed E-state index contributed by atoms with van der Waals surface area (Å²) < 4.78 is 35.2. The molecular weight excluding hydrogens is 542 g/mol. The van der Waals surface area contributed by atoms with E-state index in [1.54, 1.807) is 23.5 Å². The van der Waals surface area contributed by atoms with Gasteiger partial charge in [0.05, 0.1) is 33.6 Å². The lowest BCUT2D eigenvalue weighted by molar-refractivity contribution is 0.0604. The number of nitrogens with one attached hydrogen (secondary N) is 1. The summed E-state index contributed by atoms with van der Waals surface area (Å²) in [5.74, 6) is -0.941. The summed E-state index contributed by atoms with van der Waals surface area (Å²) in [6.45, 7) is 2.61. The predicted molar refractivity (Wildman–Crippen MR) is 150 cm³/mol. The highest BCUT2D eigenvalue weighted by Crippen LogP contribution is 2.40. The maximum absolute atomic E-state index is 14.6. The molecule has 10 heteroatoms. The van der Waals surface area contributed by atoms with Gasteiger partial charge in [-0.2, -0.15) is 0 Å². The van der Waals surface area contributed by atoms with E-state index in [0.717, 1.165) is 60.3 Å². The highest BCUT2D eigenvalue weighted by molar-refractivity contribution is 7.21. The molecule has 1 amide bonds. The second-order valence-electron chi connectivity index (χ2n) is 9.55. The summed E-state index contributed by atoms with van der Waals surface area (Å²) in [6.07, 6.45) is 8.32. The molecule has 0 aliphatic heterocycles. The van der Waals surface area contributed by atoms with Gasteiger partial charge >= 0.3 is 0 Å². The molecule has 204 valence electrons. The Hall–Kier alpha value is -3.14. The smallest absolute Gasteiger partial charge is 0.266 e. The van der Waals surface area contributed by atoms with Crippen LogP contribution in [0.25, 0.3) is 21.3 Å². The van der Waals surface area contributed by atoms with Crippen LogP contribution in [0.15, 0.2) is 48.9 Å². The lowest BCUT2D eigenvalue weighted by Gasteiger charge is -2.37. The highest BCUT2D eigenvalue weighted by Gasteiger charge is 2.33. The first-order chi connectivity index (χ1) is 18.9. The summed E-state index contributed by atoms with van der Waals surface area (Å²) in [6, 6.07) is 8.15. The molecule has 0 atom stereocenters. The molecule has 0 bridgehead atoms. The van der Waals surface area contributed by atoms with E-state index in [9.17, 15) is 13.6 Å². The van der Waals surface area contributed by atoms with Gasteiger partial charge < -0.3 is 15.0 Å². The van der Waals surface area contributed by atoms with Crippen molar-refractivity contribution < 1.29 is 18.3 Å². The minimum Gasteiger partial charge on any atom is -0.494 e. The number of hydrogen-bond donors (Lipinski definition) is 1. The van der Waals surface area contributed by atoms with Gasteiger partial charge in [0.1, 0.15) is 22.3 Å². The van der Waals surface area contributed by atoms with Gasteiger partial charge in [-0.1, -0.05) is 11.6 Å². The van der Waals surface area contributed by atoms with Gasteiger partial charge in [0.2, 0.25) is 0 Å². The van der Waals surface area contributed by atoms with Crippen LogP contribution < -0.4 is 10.1 Å². The monoisotopic (exact) mass is 570 g/mol. The number of hydrogen-bond acceptors (Lipinski definition) is 6. The third kappa shape index (κ3) is 5.62. The zero-order valence-corrected chi connectivity index (χ0v) is 23.3. The molecule has 2 heterocycles. The highest BCUT2D eigenvalue weighted by atomic mass is 35.5. The SMILES string of the molecule is CCOc1ccc(-c2cnccn2)cc1CN(C(=O)c1sc2c(F)ccc(F)c2c1Cl)C1CCC(NC)CC1. The van der Waals surface area contributed by atoms with Gasteiger partial charge in [-0.15, -0.1) is 11.3 Å². The van der Waals surface area contributed by atoms with Crippen LogP contribution in [0.2, 0.25) is 5.02 Å². The largest absolute Gasteiger partial charge is 0.494 e. The molecular formula is C29H29ClF2N4O2S. The van der Waals surface area contributed by atoms with Gasteiger partial charge in [0.15, 0.2) is 0 Å². The number of carbonyl (C=O) groups excluding carboxylic acids is 1. The average Bonchev–Trinajstić information content (AvgIpc) is 3.33. The number of ether oxygens (including phenoxy) is 1. The molecule has 4 aromatic rings. The average molecular weight is 571 g/mol.